The molecule has 3 N–H and O–H groups in total. The van der Waals surface area contributed by atoms with Crippen molar-refractivity contribution in [3.8, 4) is 0 Å². The number of carboxylic acids is 1. The Morgan fingerprint density at radius 2 is 1.87 bits per heavy atom. The molecule has 0 aliphatic heterocycles. The first-order chi connectivity index (χ1) is 14.6. The summed E-state index contributed by atoms with van der Waals surface area (Å²) < 4.78 is 2.00. The number of aromatic nitrogens is 1. The zero-order chi connectivity index (χ0) is 21.1. The highest BCUT2D eigenvalue weighted by Crippen LogP contribution is 2.35. The van der Waals surface area contributed by atoms with Crippen molar-refractivity contribution in [3.05, 3.63) is 71.4 Å². The molecular formula is C24H27N3O3. The van der Waals surface area contributed by atoms with Crippen molar-refractivity contribution < 1.29 is 14.7 Å². The second kappa shape index (κ2) is 8.61. The van der Waals surface area contributed by atoms with Crippen molar-refractivity contribution in [3.63, 3.8) is 0 Å². The standard InChI is InChI=1S/C24H27N3O3/c1-2-20(23(28)29)27-21-11-7-6-10-18(21)19-14-17(12-13-22(19)27)26-24(30)25-15-16-8-4-3-5-9-16/h3-11,17,20H,2,12-15H2,1H3,(H,28,29)(H2,25,26,30)/t17-,20?/m1/s1. The van der Waals surface area contributed by atoms with Crippen LogP contribution in [0.1, 0.15) is 42.6 Å². The van der Waals surface area contributed by atoms with E-state index in [-0.39, 0.29) is 12.1 Å². The number of rotatable bonds is 6. The number of carbonyl (C=O) groups is 2. The molecule has 3 aromatic rings. The third-order valence-electron chi connectivity index (χ3n) is 5.92. The molecule has 6 nitrogen and oxygen atoms in total. The zero-order valence-electron chi connectivity index (χ0n) is 17.1. The third kappa shape index (κ3) is 3.90. The summed E-state index contributed by atoms with van der Waals surface area (Å²) in [6, 6.07) is 17.1. The Kier molecular flexibility index (Phi) is 5.74. The van der Waals surface area contributed by atoms with Gasteiger partial charge in [-0.2, -0.15) is 0 Å². The average molecular weight is 405 g/mol. The number of para-hydroxylation sites is 1. The predicted octanol–water partition coefficient (Wildman–Crippen LogP) is 4.03. The van der Waals surface area contributed by atoms with Gasteiger partial charge in [-0.05, 0) is 42.9 Å². The van der Waals surface area contributed by atoms with E-state index in [0.717, 1.165) is 40.6 Å². The largest absolute Gasteiger partial charge is 0.480 e. The van der Waals surface area contributed by atoms with Gasteiger partial charge in [0.1, 0.15) is 6.04 Å². The highest BCUT2D eigenvalue weighted by atomic mass is 16.4. The van der Waals surface area contributed by atoms with Crippen LogP contribution in [-0.2, 0) is 24.2 Å². The maximum absolute atomic E-state index is 12.4. The van der Waals surface area contributed by atoms with Gasteiger partial charge in [-0.15, -0.1) is 0 Å². The van der Waals surface area contributed by atoms with Crippen LogP contribution in [0.15, 0.2) is 54.6 Å². The zero-order valence-corrected chi connectivity index (χ0v) is 17.1. The Bertz CT molecular complexity index is 1060. The van der Waals surface area contributed by atoms with Crippen molar-refractivity contribution in [1.82, 2.24) is 15.2 Å². The fraction of sp³-hybridized carbons (Fsp3) is 0.333. The summed E-state index contributed by atoms with van der Waals surface area (Å²) in [7, 11) is 0. The first-order valence-corrected chi connectivity index (χ1v) is 10.5. The number of nitrogens with one attached hydrogen (secondary N) is 2. The summed E-state index contributed by atoms with van der Waals surface area (Å²) in [6.07, 6.45) is 2.78. The number of carbonyl (C=O) groups excluding carboxylic acids is 1. The molecule has 156 valence electrons. The molecule has 1 heterocycles. The van der Waals surface area contributed by atoms with Gasteiger partial charge >= 0.3 is 12.0 Å². The topological polar surface area (TPSA) is 83.4 Å². The van der Waals surface area contributed by atoms with Gasteiger partial charge < -0.3 is 20.3 Å². The number of amides is 2. The first kappa shape index (κ1) is 20.0. The van der Waals surface area contributed by atoms with Crippen LogP contribution in [0.5, 0.6) is 0 Å². The quantitative estimate of drug-likeness (QED) is 0.579. The molecule has 0 spiro atoms. The number of hydrogen-bond acceptors (Lipinski definition) is 2. The van der Waals surface area contributed by atoms with Crippen LogP contribution in [0, 0.1) is 0 Å². The predicted molar refractivity (Wildman–Crippen MR) is 117 cm³/mol. The van der Waals surface area contributed by atoms with Crippen molar-refractivity contribution in [2.45, 2.75) is 51.2 Å². The molecule has 2 amide bonds. The number of carboxylic acid groups (broad SMARTS) is 1. The van der Waals surface area contributed by atoms with Crippen molar-refractivity contribution in [1.29, 1.82) is 0 Å². The minimum atomic E-state index is -0.804. The highest BCUT2D eigenvalue weighted by molar-refractivity contribution is 5.88. The summed E-state index contributed by atoms with van der Waals surface area (Å²) in [5, 5.41) is 16.8. The van der Waals surface area contributed by atoms with Crippen molar-refractivity contribution >= 4 is 22.9 Å². The van der Waals surface area contributed by atoms with Gasteiger partial charge in [-0.3, -0.25) is 0 Å². The fourth-order valence-corrected chi connectivity index (χ4v) is 4.51. The Hall–Kier alpha value is -3.28. The molecular weight excluding hydrogens is 378 g/mol. The summed E-state index contributed by atoms with van der Waals surface area (Å²) in [6.45, 7) is 2.39. The van der Waals surface area contributed by atoms with Crippen LogP contribution in [-0.4, -0.2) is 27.7 Å². The lowest BCUT2D eigenvalue weighted by atomic mass is 9.91. The minimum absolute atomic E-state index is 0.0254. The average Bonchev–Trinajstić information content (AvgIpc) is 3.07. The monoisotopic (exact) mass is 405 g/mol. The molecule has 0 radical (unpaired) electrons. The SMILES string of the molecule is CCC(C(=O)O)n1c2c(c3ccccc31)C[C@H](NC(=O)NCc1ccccc1)CC2. The number of hydrogen-bond donors (Lipinski definition) is 3. The molecule has 1 aromatic heterocycles. The van der Waals surface area contributed by atoms with Crippen molar-refractivity contribution in [2.24, 2.45) is 0 Å². The first-order valence-electron chi connectivity index (χ1n) is 10.5. The number of benzene rings is 2. The Morgan fingerprint density at radius 3 is 2.60 bits per heavy atom. The molecule has 2 aromatic carbocycles. The fourth-order valence-electron chi connectivity index (χ4n) is 4.51. The maximum atomic E-state index is 12.4. The number of urea groups is 1. The third-order valence-corrected chi connectivity index (χ3v) is 5.92. The van der Waals surface area contributed by atoms with E-state index in [1.54, 1.807) is 0 Å². The van der Waals surface area contributed by atoms with E-state index >= 15 is 0 Å². The van der Waals surface area contributed by atoms with E-state index in [2.05, 4.69) is 16.7 Å². The molecule has 4 rings (SSSR count). The van der Waals surface area contributed by atoms with Gasteiger partial charge in [0.05, 0.1) is 0 Å². The van der Waals surface area contributed by atoms with Crippen LogP contribution in [0.3, 0.4) is 0 Å². The highest BCUT2D eigenvalue weighted by Gasteiger charge is 2.30. The lowest BCUT2D eigenvalue weighted by Gasteiger charge is -2.26. The van der Waals surface area contributed by atoms with Crippen LogP contribution < -0.4 is 10.6 Å². The molecule has 0 fully saturated rings. The Labute approximate surface area is 175 Å². The molecule has 0 saturated carbocycles. The molecule has 0 saturated heterocycles. The van der Waals surface area contributed by atoms with Gasteiger partial charge in [0, 0.05) is 29.2 Å². The van der Waals surface area contributed by atoms with Crippen LogP contribution >= 0.6 is 0 Å². The van der Waals surface area contributed by atoms with Gasteiger partial charge in [-0.1, -0.05) is 55.5 Å². The summed E-state index contributed by atoms with van der Waals surface area (Å²) >= 11 is 0. The Balaban J connectivity index is 1.52. The van der Waals surface area contributed by atoms with Crippen molar-refractivity contribution in [2.75, 3.05) is 0 Å². The summed E-state index contributed by atoms with van der Waals surface area (Å²) in [5.74, 6) is -0.804. The summed E-state index contributed by atoms with van der Waals surface area (Å²) in [4.78, 5) is 24.3. The lowest BCUT2D eigenvalue weighted by molar-refractivity contribution is -0.140. The molecule has 30 heavy (non-hydrogen) atoms. The maximum Gasteiger partial charge on any atom is 0.326 e. The van der Waals surface area contributed by atoms with E-state index in [0.29, 0.717) is 19.4 Å². The van der Waals surface area contributed by atoms with E-state index in [1.807, 2.05) is 60.0 Å². The number of aliphatic carboxylic acids is 1. The van der Waals surface area contributed by atoms with Gasteiger partial charge in [-0.25, -0.2) is 9.59 Å². The van der Waals surface area contributed by atoms with E-state index < -0.39 is 12.0 Å². The normalized spacial score (nSPS) is 16.6. The van der Waals surface area contributed by atoms with E-state index in [4.69, 9.17) is 0 Å². The van der Waals surface area contributed by atoms with Gasteiger partial charge in [0.25, 0.3) is 0 Å². The van der Waals surface area contributed by atoms with Gasteiger partial charge in [0.15, 0.2) is 0 Å². The molecule has 6 heteroatoms. The second-order valence-electron chi connectivity index (χ2n) is 7.83. The Morgan fingerprint density at radius 1 is 1.13 bits per heavy atom. The molecule has 1 unspecified atom stereocenters. The van der Waals surface area contributed by atoms with Crippen LogP contribution in [0.2, 0.25) is 0 Å². The summed E-state index contributed by atoms with van der Waals surface area (Å²) in [5.41, 5.74) is 4.27. The van der Waals surface area contributed by atoms with Gasteiger partial charge in [0.2, 0.25) is 0 Å². The molecule has 2 atom stereocenters. The van der Waals surface area contributed by atoms with E-state index in [1.165, 1.54) is 0 Å². The van der Waals surface area contributed by atoms with Crippen LogP contribution in [0.25, 0.3) is 10.9 Å². The molecule has 0 bridgehead atoms. The van der Waals surface area contributed by atoms with E-state index in [9.17, 15) is 14.7 Å². The smallest absolute Gasteiger partial charge is 0.326 e. The lowest BCUT2D eigenvalue weighted by Crippen LogP contribution is -2.44. The van der Waals surface area contributed by atoms with Crippen LogP contribution in [0.4, 0.5) is 4.79 Å². The number of nitrogens with zero attached hydrogens (tertiary/aromatic N) is 1. The second-order valence-corrected chi connectivity index (χ2v) is 7.83. The minimum Gasteiger partial charge on any atom is -0.480 e. The molecule has 1 aliphatic rings. The molecule has 1 aliphatic carbocycles. The number of fused-ring (bicyclic) bond motifs is 3.